The third-order valence-corrected chi connectivity index (χ3v) is 7.47. The average molecular weight is 389 g/mol. The quantitative estimate of drug-likeness (QED) is 0.805. The van der Waals surface area contributed by atoms with Crippen LogP contribution in [0, 0.1) is 27.7 Å². The van der Waals surface area contributed by atoms with Gasteiger partial charge in [-0.3, -0.25) is 0 Å². The number of ether oxygens (including phenoxy) is 1. The number of benzene rings is 2. The SMILES string of the molecule is COc1cc(C)c(C)cc1S(=O)(=O)N1CCN(c2cccc(C)c2C)CC1. The normalized spacial score (nSPS) is 15.8. The summed E-state index contributed by atoms with van der Waals surface area (Å²) in [5.41, 5.74) is 5.66. The lowest BCUT2D eigenvalue weighted by Crippen LogP contribution is -2.49. The molecule has 3 rings (SSSR count). The Balaban J connectivity index is 1.83. The van der Waals surface area contributed by atoms with Gasteiger partial charge in [-0.2, -0.15) is 4.31 Å². The van der Waals surface area contributed by atoms with E-state index in [4.69, 9.17) is 4.74 Å². The molecule has 1 aliphatic heterocycles. The molecule has 2 aromatic carbocycles. The van der Waals surface area contributed by atoms with E-state index in [1.165, 1.54) is 23.9 Å². The largest absolute Gasteiger partial charge is 0.495 e. The molecule has 6 heteroatoms. The zero-order valence-corrected chi connectivity index (χ0v) is 17.6. The van der Waals surface area contributed by atoms with Gasteiger partial charge in [0.1, 0.15) is 10.6 Å². The second kappa shape index (κ2) is 7.52. The predicted octanol–water partition coefficient (Wildman–Crippen LogP) is 3.44. The second-order valence-corrected chi connectivity index (χ2v) is 9.10. The fourth-order valence-electron chi connectivity index (χ4n) is 3.51. The number of methoxy groups -OCH3 is 1. The number of hydrogen-bond donors (Lipinski definition) is 0. The molecule has 0 spiro atoms. The molecule has 1 fully saturated rings. The molecule has 0 saturated carbocycles. The number of piperazine rings is 1. The van der Waals surface area contributed by atoms with Gasteiger partial charge in [0.05, 0.1) is 7.11 Å². The zero-order chi connectivity index (χ0) is 19.8. The Morgan fingerprint density at radius 1 is 0.889 bits per heavy atom. The van der Waals surface area contributed by atoms with Crippen LogP contribution in [0.3, 0.4) is 0 Å². The van der Waals surface area contributed by atoms with Gasteiger partial charge < -0.3 is 9.64 Å². The number of nitrogens with zero attached hydrogens (tertiary/aromatic N) is 2. The van der Waals surface area contributed by atoms with E-state index in [0.29, 0.717) is 31.9 Å². The molecular weight excluding hydrogens is 360 g/mol. The molecule has 0 radical (unpaired) electrons. The van der Waals surface area contributed by atoms with E-state index in [2.05, 4.69) is 36.9 Å². The van der Waals surface area contributed by atoms with Crippen LogP contribution < -0.4 is 9.64 Å². The van der Waals surface area contributed by atoms with Gasteiger partial charge in [-0.05, 0) is 68.1 Å². The first kappa shape index (κ1) is 19.7. The number of aryl methyl sites for hydroxylation is 3. The zero-order valence-electron chi connectivity index (χ0n) is 16.7. The molecule has 27 heavy (non-hydrogen) atoms. The van der Waals surface area contributed by atoms with Crippen LogP contribution in [0.2, 0.25) is 0 Å². The molecule has 1 heterocycles. The first-order valence-electron chi connectivity index (χ1n) is 9.22. The Hall–Kier alpha value is -2.05. The summed E-state index contributed by atoms with van der Waals surface area (Å²) in [5.74, 6) is 0.412. The van der Waals surface area contributed by atoms with E-state index in [-0.39, 0.29) is 4.90 Å². The second-order valence-electron chi connectivity index (χ2n) is 7.20. The number of rotatable bonds is 4. The molecule has 5 nitrogen and oxygen atoms in total. The van der Waals surface area contributed by atoms with Crippen LogP contribution in [0.5, 0.6) is 5.75 Å². The van der Waals surface area contributed by atoms with Crippen LogP contribution in [0.1, 0.15) is 22.3 Å². The summed E-state index contributed by atoms with van der Waals surface area (Å²) in [5, 5.41) is 0. The van der Waals surface area contributed by atoms with E-state index in [1.54, 1.807) is 16.4 Å². The molecule has 0 aliphatic carbocycles. The summed E-state index contributed by atoms with van der Waals surface area (Å²) < 4.78 is 33.4. The highest BCUT2D eigenvalue weighted by molar-refractivity contribution is 7.89. The van der Waals surface area contributed by atoms with Crippen molar-refractivity contribution in [1.29, 1.82) is 0 Å². The third-order valence-electron chi connectivity index (χ3n) is 5.55. The minimum Gasteiger partial charge on any atom is -0.495 e. The molecule has 0 bridgehead atoms. The fourth-order valence-corrected chi connectivity index (χ4v) is 5.16. The van der Waals surface area contributed by atoms with Crippen molar-refractivity contribution in [3.8, 4) is 5.75 Å². The molecule has 0 amide bonds. The maximum atomic E-state index is 13.2. The fraction of sp³-hybridized carbons (Fsp3) is 0.429. The Morgan fingerprint density at radius 2 is 1.52 bits per heavy atom. The van der Waals surface area contributed by atoms with Gasteiger partial charge in [0.25, 0.3) is 0 Å². The summed E-state index contributed by atoms with van der Waals surface area (Å²) in [4.78, 5) is 2.53. The van der Waals surface area contributed by atoms with E-state index in [1.807, 2.05) is 13.8 Å². The average Bonchev–Trinajstić information content (AvgIpc) is 2.66. The minimum atomic E-state index is -3.59. The summed E-state index contributed by atoms with van der Waals surface area (Å²) in [7, 11) is -2.07. The predicted molar refractivity (Wildman–Crippen MR) is 109 cm³/mol. The van der Waals surface area contributed by atoms with Gasteiger partial charge >= 0.3 is 0 Å². The van der Waals surface area contributed by atoms with E-state index < -0.39 is 10.0 Å². The third kappa shape index (κ3) is 3.69. The highest BCUT2D eigenvalue weighted by Gasteiger charge is 2.31. The minimum absolute atomic E-state index is 0.258. The topological polar surface area (TPSA) is 49.9 Å². The van der Waals surface area contributed by atoms with Crippen LogP contribution in [0.15, 0.2) is 35.2 Å². The molecular formula is C21H28N2O3S. The molecule has 0 N–H and O–H groups in total. The number of sulfonamides is 1. The van der Waals surface area contributed by atoms with Crippen molar-refractivity contribution in [3.63, 3.8) is 0 Å². The maximum absolute atomic E-state index is 13.2. The van der Waals surface area contributed by atoms with E-state index in [0.717, 1.165) is 11.1 Å². The smallest absolute Gasteiger partial charge is 0.246 e. The van der Waals surface area contributed by atoms with Crippen LogP contribution in [-0.4, -0.2) is 46.0 Å². The van der Waals surface area contributed by atoms with Crippen molar-refractivity contribution < 1.29 is 13.2 Å². The Kier molecular flexibility index (Phi) is 5.49. The van der Waals surface area contributed by atoms with Gasteiger partial charge in [0.2, 0.25) is 10.0 Å². The molecule has 0 aromatic heterocycles. The van der Waals surface area contributed by atoms with Gasteiger partial charge in [-0.25, -0.2) is 8.42 Å². The number of hydrogen-bond acceptors (Lipinski definition) is 4. The van der Waals surface area contributed by atoms with Crippen molar-refractivity contribution in [2.75, 3.05) is 38.2 Å². The van der Waals surface area contributed by atoms with Crippen molar-refractivity contribution >= 4 is 15.7 Å². The monoisotopic (exact) mass is 388 g/mol. The highest BCUT2D eigenvalue weighted by atomic mass is 32.2. The van der Waals surface area contributed by atoms with Gasteiger partial charge in [-0.15, -0.1) is 0 Å². The molecule has 0 atom stereocenters. The highest BCUT2D eigenvalue weighted by Crippen LogP contribution is 2.31. The van der Waals surface area contributed by atoms with Crippen molar-refractivity contribution in [1.82, 2.24) is 4.31 Å². The summed E-state index contributed by atoms with van der Waals surface area (Å²) in [6.07, 6.45) is 0. The first-order chi connectivity index (χ1) is 12.8. The van der Waals surface area contributed by atoms with Crippen LogP contribution in [0.25, 0.3) is 0 Å². The molecule has 146 valence electrons. The standard InChI is InChI=1S/C21H28N2O3S/c1-15-7-6-8-19(18(15)4)22-9-11-23(12-10-22)27(24,25)21-14-17(3)16(2)13-20(21)26-5/h6-8,13-14H,9-12H2,1-5H3. The van der Waals surface area contributed by atoms with E-state index >= 15 is 0 Å². The summed E-state index contributed by atoms with van der Waals surface area (Å²) in [6.45, 7) is 10.4. The van der Waals surface area contributed by atoms with Crippen LogP contribution >= 0.6 is 0 Å². The van der Waals surface area contributed by atoms with Gasteiger partial charge in [-0.1, -0.05) is 12.1 Å². The lowest BCUT2D eigenvalue weighted by Gasteiger charge is -2.36. The molecule has 2 aromatic rings. The van der Waals surface area contributed by atoms with Crippen molar-refractivity contribution in [2.24, 2.45) is 0 Å². The van der Waals surface area contributed by atoms with Crippen LogP contribution in [-0.2, 0) is 10.0 Å². The summed E-state index contributed by atoms with van der Waals surface area (Å²) >= 11 is 0. The lowest BCUT2D eigenvalue weighted by molar-refractivity contribution is 0.374. The molecule has 1 saturated heterocycles. The molecule has 1 aliphatic rings. The van der Waals surface area contributed by atoms with Gasteiger partial charge in [0.15, 0.2) is 0 Å². The Bertz CT molecular complexity index is 946. The Labute approximate surface area is 162 Å². The first-order valence-corrected chi connectivity index (χ1v) is 10.7. The maximum Gasteiger partial charge on any atom is 0.246 e. The van der Waals surface area contributed by atoms with Crippen molar-refractivity contribution in [3.05, 3.63) is 52.6 Å². The number of anilines is 1. The summed E-state index contributed by atoms with van der Waals surface area (Å²) in [6, 6.07) is 9.79. The Morgan fingerprint density at radius 3 is 2.15 bits per heavy atom. The molecule has 0 unspecified atom stereocenters. The van der Waals surface area contributed by atoms with Gasteiger partial charge in [0, 0.05) is 31.9 Å². The van der Waals surface area contributed by atoms with Crippen molar-refractivity contribution in [2.45, 2.75) is 32.6 Å². The lowest BCUT2D eigenvalue weighted by atomic mass is 10.1. The van der Waals surface area contributed by atoms with E-state index in [9.17, 15) is 8.42 Å². The van der Waals surface area contributed by atoms with Crippen LogP contribution in [0.4, 0.5) is 5.69 Å².